The predicted molar refractivity (Wildman–Crippen MR) is 70.2 cm³/mol. The Morgan fingerprint density at radius 2 is 2.28 bits per heavy atom. The molecule has 2 heterocycles. The van der Waals surface area contributed by atoms with Crippen LogP contribution in [0.5, 0.6) is 0 Å². The van der Waals surface area contributed by atoms with Crippen LogP contribution in [0.3, 0.4) is 0 Å². The second-order valence-electron chi connectivity index (χ2n) is 3.80. The molecule has 0 atom stereocenters. The van der Waals surface area contributed by atoms with E-state index >= 15 is 0 Å². The molecule has 0 fully saturated rings. The van der Waals surface area contributed by atoms with E-state index in [0.29, 0.717) is 19.1 Å². The van der Waals surface area contributed by atoms with Gasteiger partial charge in [0.15, 0.2) is 5.82 Å². The molecule has 7 heteroatoms. The molecule has 0 amide bonds. The predicted octanol–water partition coefficient (Wildman–Crippen LogP) is 1.49. The molecule has 1 N–H and O–H groups in total. The Kier molecular flexibility index (Phi) is 4.72. The molecule has 0 aromatic carbocycles. The Balaban J connectivity index is 1.88. The molecule has 0 spiro atoms. The highest BCUT2D eigenvalue weighted by atomic mass is 35.5. The maximum atomic E-state index is 5.51. The molecular formula is C11H16ClN5O. The monoisotopic (exact) mass is 269 g/mol. The fourth-order valence-corrected chi connectivity index (χ4v) is 1.71. The molecule has 2 aromatic heterocycles. The number of hydrogen-bond acceptors (Lipinski definition) is 5. The van der Waals surface area contributed by atoms with E-state index in [-0.39, 0.29) is 0 Å². The van der Waals surface area contributed by atoms with Crippen LogP contribution in [0.2, 0.25) is 0 Å². The quantitative estimate of drug-likeness (QED) is 0.609. The molecule has 0 radical (unpaired) electrons. The highest BCUT2D eigenvalue weighted by Crippen LogP contribution is 2.11. The fourth-order valence-electron chi connectivity index (χ4n) is 1.60. The normalized spacial score (nSPS) is 11.0. The Hall–Kier alpha value is -1.40. The van der Waals surface area contributed by atoms with Crippen molar-refractivity contribution in [2.75, 3.05) is 31.0 Å². The van der Waals surface area contributed by atoms with E-state index in [9.17, 15) is 0 Å². The second kappa shape index (κ2) is 6.51. The van der Waals surface area contributed by atoms with Crippen LogP contribution >= 0.6 is 11.6 Å². The van der Waals surface area contributed by atoms with Gasteiger partial charge >= 0.3 is 0 Å². The molecule has 2 rings (SSSR count). The maximum absolute atomic E-state index is 5.51. The number of rotatable bonds is 7. The Morgan fingerprint density at radius 1 is 1.39 bits per heavy atom. The summed E-state index contributed by atoms with van der Waals surface area (Å²) >= 11 is 5.51. The third-order valence-corrected chi connectivity index (χ3v) is 2.63. The number of fused-ring (bicyclic) bond motifs is 1. The van der Waals surface area contributed by atoms with Gasteiger partial charge in [0.2, 0.25) is 5.65 Å². The van der Waals surface area contributed by atoms with Gasteiger partial charge in [-0.25, -0.2) is 4.98 Å². The SMILES string of the molecule is Cc1nnc2c(NCCCOCCCl)nccn12. The van der Waals surface area contributed by atoms with Crippen molar-refractivity contribution in [2.45, 2.75) is 13.3 Å². The summed E-state index contributed by atoms with van der Waals surface area (Å²) in [6.07, 6.45) is 4.47. The van der Waals surface area contributed by atoms with E-state index in [1.165, 1.54) is 0 Å². The van der Waals surface area contributed by atoms with Crippen LogP contribution in [0.15, 0.2) is 12.4 Å². The van der Waals surface area contributed by atoms with Gasteiger partial charge in [0, 0.05) is 31.4 Å². The lowest BCUT2D eigenvalue weighted by Gasteiger charge is -2.06. The van der Waals surface area contributed by atoms with Crippen LogP contribution in [0, 0.1) is 6.92 Å². The largest absolute Gasteiger partial charge is 0.380 e. The molecule has 2 aromatic rings. The van der Waals surface area contributed by atoms with Gasteiger partial charge in [-0.05, 0) is 13.3 Å². The number of nitrogens with zero attached hydrogens (tertiary/aromatic N) is 4. The maximum Gasteiger partial charge on any atom is 0.203 e. The van der Waals surface area contributed by atoms with Gasteiger partial charge in [0.1, 0.15) is 5.82 Å². The number of nitrogens with one attached hydrogen (secondary N) is 1. The first-order valence-electron chi connectivity index (χ1n) is 5.87. The number of aromatic nitrogens is 4. The summed E-state index contributed by atoms with van der Waals surface area (Å²) < 4.78 is 7.19. The van der Waals surface area contributed by atoms with Gasteiger partial charge in [-0.2, -0.15) is 0 Å². The van der Waals surface area contributed by atoms with Gasteiger partial charge < -0.3 is 10.1 Å². The minimum absolute atomic E-state index is 0.535. The van der Waals surface area contributed by atoms with Crippen molar-refractivity contribution in [3.63, 3.8) is 0 Å². The average molecular weight is 270 g/mol. The standard InChI is InChI=1S/C11H16ClN5O/c1-9-15-16-11-10(14-5-6-17(9)11)13-4-2-7-18-8-3-12/h5-6H,2-4,7-8H2,1H3,(H,13,14). The van der Waals surface area contributed by atoms with Crippen molar-refractivity contribution in [2.24, 2.45) is 0 Å². The minimum atomic E-state index is 0.535. The van der Waals surface area contributed by atoms with E-state index in [1.54, 1.807) is 6.20 Å². The first kappa shape index (κ1) is 13.0. The number of halogens is 1. The molecule has 0 aliphatic carbocycles. The molecule has 0 saturated heterocycles. The van der Waals surface area contributed by atoms with Crippen molar-refractivity contribution in [1.82, 2.24) is 19.6 Å². The Morgan fingerprint density at radius 3 is 3.11 bits per heavy atom. The fraction of sp³-hybridized carbons (Fsp3) is 0.545. The van der Waals surface area contributed by atoms with Gasteiger partial charge in [-0.15, -0.1) is 21.8 Å². The van der Waals surface area contributed by atoms with Crippen LogP contribution in [0.1, 0.15) is 12.2 Å². The molecular weight excluding hydrogens is 254 g/mol. The second-order valence-corrected chi connectivity index (χ2v) is 4.18. The van der Waals surface area contributed by atoms with Crippen molar-refractivity contribution in [3.05, 3.63) is 18.2 Å². The van der Waals surface area contributed by atoms with Crippen LogP contribution in [-0.2, 0) is 4.74 Å². The summed E-state index contributed by atoms with van der Waals surface area (Å²) in [5, 5.41) is 11.3. The summed E-state index contributed by atoms with van der Waals surface area (Å²) in [5.41, 5.74) is 0.747. The number of ether oxygens (including phenoxy) is 1. The highest BCUT2D eigenvalue weighted by molar-refractivity contribution is 6.17. The lowest BCUT2D eigenvalue weighted by molar-refractivity contribution is 0.149. The number of hydrogen-bond donors (Lipinski definition) is 1. The van der Waals surface area contributed by atoms with Crippen LogP contribution in [0.4, 0.5) is 5.82 Å². The summed E-state index contributed by atoms with van der Waals surface area (Å²) in [5.74, 6) is 2.13. The molecule has 0 aliphatic heterocycles. The number of alkyl halides is 1. The van der Waals surface area contributed by atoms with Gasteiger partial charge in [0.25, 0.3) is 0 Å². The van der Waals surface area contributed by atoms with Crippen LogP contribution in [0.25, 0.3) is 5.65 Å². The number of aryl methyl sites for hydroxylation is 1. The molecule has 18 heavy (non-hydrogen) atoms. The summed E-state index contributed by atoms with van der Waals surface area (Å²) in [7, 11) is 0. The summed E-state index contributed by atoms with van der Waals surface area (Å²) in [6, 6.07) is 0. The molecule has 6 nitrogen and oxygen atoms in total. The zero-order valence-corrected chi connectivity index (χ0v) is 11.0. The van der Waals surface area contributed by atoms with Crippen molar-refractivity contribution >= 4 is 23.1 Å². The summed E-state index contributed by atoms with van der Waals surface area (Å²) in [4.78, 5) is 4.26. The van der Waals surface area contributed by atoms with Gasteiger partial charge in [-0.3, -0.25) is 4.40 Å². The van der Waals surface area contributed by atoms with Crippen LogP contribution in [-0.4, -0.2) is 45.2 Å². The summed E-state index contributed by atoms with van der Waals surface area (Å²) in [6.45, 7) is 3.97. The van der Waals surface area contributed by atoms with Crippen molar-refractivity contribution < 1.29 is 4.74 Å². The first-order valence-corrected chi connectivity index (χ1v) is 6.40. The van der Waals surface area contributed by atoms with E-state index in [1.807, 2.05) is 17.5 Å². The zero-order valence-electron chi connectivity index (χ0n) is 10.3. The molecule has 0 saturated carbocycles. The Bertz CT molecular complexity index is 501. The van der Waals surface area contributed by atoms with E-state index < -0.39 is 0 Å². The average Bonchev–Trinajstić information content (AvgIpc) is 2.77. The molecule has 0 unspecified atom stereocenters. The van der Waals surface area contributed by atoms with E-state index in [2.05, 4.69) is 20.5 Å². The molecule has 0 aliphatic rings. The van der Waals surface area contributed by atoms with Crippen molar-refractivity contribution in [1.29, 1.82) is 0 Å². The minimum Gasteiger partial charge on any atom is -0.380 e. The number of anilines is 1. The molecule has 0 bridgehead atoms. The van der Waals surface area contributed by atoms with E-state index in [4.69, 9.17) is 16.3 Å². The third-order valence-electron chi connectivity index (χ3n) is 2.48. The topological polar surface area (TPSA) is 64.3 Å². The smallest absolute Gasteiger partial charge is 0.203 e. The lowest BCUT2D eigenvalue weighted by atomic mass is 10.4. The van der Waals surface area contributed by atoms with Gasteiger partial charge in [0.05, 0.1) is 6.61 Å². The lowest BCUT2D eigenvalue weighted by Crippen LogP contribution is -2.09. The Labute approximate surface area is 110 Å². The zero-order chi connectivity index (χ0) is 12.8. The van der Waals surface area contributed by atoms with E-state index in [0.717, 1.165) is 30.3 Å². The van der Waals surface area contributed by atoms with Gasteiger partial charge in [-0.1, -0.05) is 0 Å². The highest BCUT2D eigenvalue weighted by Gasteiger charge is 2.06. The third kappa shape index (κ3) is 3.08. The first-order chi connectivity index (χ1) is 8.83. The molecule has 98 valence electrons. The van der Waals surface area contributed by atoms with Crippen molar-refractivity contribution in [3.8, 4) is 0 Å². The van der Waals surface area contributed by atoms with Crippen LogP contribution < -0.4 is 5.32 Å².